The Hall–Kier alpha value is -2.93. The molecule has 0 aliphatic carbocycles. The van der Waals surface area contributed by atoms with Crippen molar-refractivity contribution < 1.29 is 14.0 Å². The number of aryl methyl sites for hydroxylation is 2. The van der Waals surface area contributed by atoms with Crippen LogP contribution in [-0.2, 0) is 9.59 Å². The second kappa shape index (κ2) is 8.30. The van der Waals surface area contributed by atoms with Crippen molar-refractivity contribution in [2.24, 2.45) is 0 Å². The third kappa shape index (κ3) is 4.28. The lowest BCUT2D eigenvalue weighted by atomic mass is 10.1. The topological polar surface area (TPSA) is 62.6 Å². The molecule has 2 amide bonds. The summed E-state index contributed by atoms with van der Waals surface area (Å²) in [6.07, 6.45) is 1.40. The summed E-state index contributed by atoms with van der Waals surface area (Å²) in [6, 6.07) is 14.2. The average molecular weight is 471 g/mol. The number of nitrogens with zero attached hydrogens (tertiary/aromatic N) is 1. The van der Waals surface area contributed by atoms with Crippen molar-refractivity contribution in [3.63, 3.8) is 0 Å². The Morgan fingerprint density at radius 2 is 1.68 bits per heavy atom. The van der Waals surface area contributed by atoms with Gasteiger partial charge in [-0.3, -0.25) is 19.8 Å². The van der Waals surface area contributed by atoms with Gasteiger partial charge in [0.1, 0.15) is 17.1 Å². The molecule has 0 atom stereocenters. The van der Waals surface area contributed by atoms with Crippen molar-refractivity contribution in [2.45, 2.75) is 13.8 Å². The molecule has 1 aliphatic rings. The molecule has 0 radical (unpaired) electrons. The second-order valence-corrected chi connectivity index (χ2v) is 8.34. The van der Waals surface area contributed by atoms with Gasteiger partial charge in [0.05, 0.1) is 15.7 Å². The van der Waals surface area contributed by atoms with Crippen LogP contribution in [0, 0.1) is 13.8 Å². The molecule has 0 saturated carbocycles. The quantitative estimate of drug-likeness (QED) is 0.302. The normalized spacial score (nSPS) is 15.5. The minimum absolute atomic E-state index is 0.0353. The van der Waals surface area contributed by atoms with E-state index in [9.17, 15) is 9.59 Å². The molecule has 0 unspecified atom stereocenters. The van der Waals surface area contributed by atoms with E-state index in [0.29, 0.717) is 27.3 Å². The third-order valence-electron chi connectivity index (χ3n) is 4.68. The number of hydrogen-bond donors (Lipinski definition) is 1. The van der Waals surface area contributed by atoms with Crippen LogP contribution in [0.1, 0.15) is 16.9 Å². The fourth-order valence-corrected chi connectivity index (χ4v) is 3.93. The van der Waals surface area contributed by atoms with Gasteiger partial charge in [0.15, 0.2) is 5.11 Å². The Labute approximate surface area is 194 Å². The van der Waals surface area contributed by atoms with E-state index in [1.807, 2.05) is 32.0 Å². The van der Waals surface area contributed by atoms with Gasteiger partial charge in [0.25, 0.3) is 11.8 Å². The molecular weight excluding hydrogens is 455 g/mol. The Balaban J connectivity index is 1.69. The van der Waals surface area contributed by atoms with E-state index in [0.717, 1.165) is 16.7 Å². The van der Waals surface area contributed by atoms with E-state index in [4.69, 9.17) is 39.8 Å². The lowest BCUT2D eigenvalue weighted by Gasteiger charge is -2.29. The first-order chi connectivity index (χ1) is 14.7. The Kier molecular flexibility index (Phi) is 5.71. The van der Waals surface area contributed by atoms with Crippen LogP contribution in [0.2, 0.25) is 10.0 Å². The zero-order chi connectivity index (χ0) is 22.3. The van der Waals surface area contributed by atoms with E-state index in [1.165, 1.54) is 11.0 Å². The van der Waals surface area contributed by atoms with Crippen LogP contribution >= 0.6 is 35.4 Å². The van der Waals surface area contributed by atoms with E-state index in [2.05, 4.69) is 5.32 Å². The Morgan fingerprint density at radius 3 is 2.35 bits per heavy atom. The van der Waals surface area contributed by atoms with Crippen LogP contribution in [0.5, 0.6) is 0 Å². The average Bonchev–Trinajstić information content (AvgIpc) is 3.15. The fraction of sp³-hybridized carbons (Fsp3) is 0.0870. The molecule has 5 nitrogen and oxygen atoms in total. The number of anilines is 1. The molecule has 2 aromatic carbocycles. The van der Waals surface area contributed by atoms with Gasteiger partial charge in [-0.05, 0) is 85.7 Å². The van der Waals surface area contributed by atoms with Crippen molar-refractivity contribution >= 4 is 64.1 Å². The van der Waals surface area contributed by atoms with Crippen LogP contribution in [0.4, 0.5) is 5.69 Å². The number of carbonyl (C=O) groups is 2. The van der Waals surface area contributed by atoms with Crippen LogP contribution in [0.3, 0.4) is 0 Å². The van der Waals surface area contributed by atoms with E-state index < -0.39 is 11.8 Å². The maximum atomic E-state index is 13.2. The maximum Gasteiger partial charge on any atom is 0.270 e. The number of rotatable bonds is 3. The molecule has 0 spiro atoms. The summed E-state index contributed by atoms with van der Waals surface area (Å²) in [5, 5.41) is 3.44. The molecule has 3 aromatic rings. The molecule has 4 rings (SSSR count). The minimum Gasteiger partial charge on any atom is -0.457 e. The highest BCUT2D eigenvalue weighted by Crippen LogP contribution is 2.31. The number of halogens is 2. The summed E-state index contributed by atoms with van der Waals surface area (Å²) < 4.78 is 5.81. The Bertz CT molecular complexity index is 1260. The van der Waals surface area contributed by atoms with Gasteiger partial charge in [0.2, 0.25) is 0 Å². The van der Waals surface area contributed by atoms with Crippen molar-refractivity contribution in [3.05, 3.63) is 81.0 Å². The smallest absolute Gasteiger partial charge is 0.270 e. The minimum atomic E-state index is -0.580. The predicted molar refractivity (Wildman–Crippen MR) is 126 cm³/mol. The third-order valence-corrected chi connectivity index (χ3v) is 5.71. The van der Waals surface area contributed by atoms with Crippen LogP contribution in [-0.4, -0.2) is 16.9 Å². The van der Waals surface area contributed by atoms with E-state index in [1.54, 1.807) is 30.3 Å². The van der Waals surface area contributed by atoms with Crippen molar-refractivity contribution in [1.29, 1.82) is 0 Å². The summed E-state index contributed by atoms with van der Waals surface area (Å²) in [7, 11) is 0. The fourth-order valence-electron chi connectivity index (χ4n) is 3.35. The zero-order valence-electron chi connectivity index (χ0n) is 16.5. The van der Waals surface area contributed by atoms with Crippen molar-refractivity contribution in [3.8, 4) is 11.3 Å². The number of thiocarbonyl (C=S) groups is 1. The molecule has 1 N–H and O–H groups in total. The number of benzene rings is 2. The molecule has 8 heteroatoms. The highest BCUT2D eigenvalue weighted by atomic mass is 35.5. The monoisotopic (exact) mass is 470 g/mol. The van der Waals surface area contributed by atoms with Gasteiger partial charge in [-0.25, -0.2) is 0 Å². The number of nitrogens with one attached hydrogen (secondary N) is 1. The lowest BCUT2D eigenvalue weighted by Crippen LogP contribution is -2.54. The summed E-state index contributed by atoms with van der Waals surface area (Å²) in [6.45, 7) is 3.85. The molecule has 1 fully saturated rings. The molecule has 1 aliphatic heterocycles. The molecule has 1 saturated heterocycles. The second-order valence-electron chi connectivity index (χ2n) is 7.13. The summed E-state index contributed by atoms with van der Waals surface area (Å²) in [5.41, 5.74) is 3.18. The largest absolute Gasteiger partial charge is 0.457 e. The molecule has 156 valence electrons. The zero-order valence-corrected chi connectivity index (χ0v) is 18.9. The van der Waals surface area contributed by atoms with Gasteiger partial charge >= 0.3 is 0 Å². The van der Waals surface area contributed by atoms with Gasteiger partial charge < -0.3 is 4.42 Å². The van der Waals surface area contributed by atoms with Crippen LogP contribution < -0.4 is 10.2 Å². The number of furan rings is 1. The van der Waals surface area contributed by atoms with Gasteiger partial charge in [-0.2, -0.15) is 0 Å². The summed E-state index contributed by atoms with van der Waals surface area (Å²) in [5.74, 6) is -0.238. The molecule has 2 heterocycles. The van der Waals surface area contributed by atoms with Crippen molar-refractivity contribution in [1.82, 2.24) is 5.32 Å². The van der Waals surface area contributed by atoms with Gasteiger partial charge in [-0.15, -0.1) is 0 Å². The summed E-state index contributed by atoms with van der Waals surface area (Å²) in [4.78, 5) is 27.0. The van der Waals surface area contributed by atoms with Crippen LogP contribution in [0.25, 0.3) is 17.4 Å². The SMILES string of the molecule is Cc1cc(C)cc(N2C(=O)/C(=C\c3ccc(-c4ccc(Cl)c(Cl)c4)o3)C(=O)NC2=S)c1. The highest BCUT2D eigenvalue weighted by molar-refractivity contribution is 7.80. The number of carbonyl (C=O) groups excluding carboxylic acids is 2. The van der Waals surface area contributed by atoms with Crippen LogP contribution in [0.15, 0.2) is 58.5 Å². The molecule has 0 bridgehead atoms. The first-order valence-electron chi connectivity index (χ1n) is 9.28. The summed E-state index contributed by atoms with van der Waals surface area (Å²) >= 11 is 17.3. The first kappa shape index (κ1) is 21.3. The lowest BCUT2D eigenvalue weighted by molar-refractivity contribution is -0.122. The Morgan fingerprint density at radius 1 is 0.968 bits per heavy atom. The number of hydrogen-bond acceptors (Lipinski definition) is 4. The van der Waals surface area contributed by atoms with E-state index >= 15 is 0 Å². The predicted octanol–water partition coefficient (Wildman–Crippen LogP) is 5.70. The standard InChI is InChI=1S/C23H16Cl2N2O3S/c1-12-7-13(2)9-15(8-12)27-22(29)17(21(28)26-23(27)31)11-16-4-6-20(30-16)14-3-5-18(24)19(25)10-14/h3-11H,1-2H3,(H,26,28,31)/b17-11-. The molecule has 1 aromatic heterocycles. The number of amides is 2. The van der Waals surface area contributed by atoms with Gasteiger partial charge in [0, 0.05) is 5.56 Å². The maximum absolute atomic E-state index is 13.2. The first-order valence-corrected chi connectivity index (χ1v) is 10.4. The molecular formula is C23H16Cl2N2O3S. The highest BCUT2D eigenvalue weighted by Gasteiger charge is 2.35. The molecule has 31 heavy (non-hydrogen) atoms. The van der Waals surface area contributed by atoms with E-state index in [-0.39, 0.29) is 10.7 Å². The van der Waals surface area contributed by atoms with Crippen molar-refractivity contribution in [2.75, 3.05) is 4.90 Å². The van der Waals surface area contributed by atoms with Gasteiger partial charge in [-0.1, -0.05) is 29.3 Å².